The number of hydrogen-bond acceptors (Lipinski definition) is 6. The number of nitriles is 1. The van der Waals surface area contributed by atoms with E-state index in [1.54, 1.807) is 30.3 Å². The van der Waals surface area contributed by atoms with Gasteiger partial charge in [0, 0.05) is 0 Å². The molecule has 0 aliphatic rings. The molecule has 1 amide bonds. The second kappa shape index (κ2) is 9.24. The molecule has 7 heteroatoms. The molecule has 0 aliphatic heterocycles. The van der Waals surface area contributed by atoms with Gasteiger partial charge in [0.1, 0.15) is 24.2 Å². The summed E-state index contributed by atoms with van der Waals surface area (Å²) in [5, 5.41) is 11.6. The lowest BCUT2D eigenvalue weighted by Crippen LogP contribution is -2.30. The number of hydrogen-bond donors (Lipinski definition) is 1. The highest BCUT2D eigenvalue weighted by molar-refractivity contribution is 5.97. The van der Waals surface area contributed by atoms with Gasteiger partial charge in [-0.05, 0) is 43.3 Å². The summed E-state index contributed by atoms with van der Waals surface area (Å²) in [6, 6.07) is 20.8. The van der Waals surface area contributed by atoms with Gasteiger partial charge < -0.3 is 19.2 Å². The standard InChI is InChI=1S/C22H18N2O5/c1-15(21(25)24-19-10-6-5-7-16(19)13-23)28-22(26)20-12-11-18(29-20)14-27-17-8-3-2-4-9-17/h2-12,15H,14H2,1H3,(H,24,25)/t15-/m0/s1. The quantitative estimate of drug-likeness (QED) is 0.614. The normalized spacial score (nSPS) is 11.2. The Morgan fingerprint density at radius 2 is 1.79 bits per heavy atom. The fraction of sp³-hybridized carbons (Fsp3) is 0.136. The molecular formula is C22H18N2O5. The zero-order valence-corrected chi connectivity index (χ0v) is 15.6. The van der Waals surface area contributed by atoms with Gasteiger partial charge in [-0.3, -0.25) is 4.79 Å². The Balaban J connectivity index is 1.55. The lowest BCUT2D eigenvalue weighted by atomic mass is 10.2. The summed E-state index contributed by atoms with van der Waals surface area (Å²) in [4.78, 5) is 24.5. The van der Waals surface area contributed by atoms with Crippen molar-refractivity contribution >= 4 is 17.6 Å². The molecule has 3 aromatic rings. The van der Waals surface area contributed by atoms with E-state index in [1.807, 2.05) is 36.4 Å². The number of esters is 1. The summed E-state index contributed by atoms with van der Waals surface area (Å²) < 4.78 is 16.1. The van der Waals surface area contributed by atoms with Gasteiger partial charge in [0.15, 0.2) is 6.10 Å². The number of furan rings is 1. The Hall–Kier alpha value is -4.05. The molecule has 1 atom stereocenters. The average molecular weight is 390 g/mol. The first-order chi connectivity index (χ1) is 14.1. The van der Waals surface area contributed by atoms with E-state index in [9.17, 15) is 9.59 Å². The van der Waals surface area contributed by atoms with Crippen LogP contribution in [-0.4, -0.2) is 18.0 Å². The summed E-state index contributed by atoms with van der Waals surface area (Å²) >= 11 is 0. The zero-order chi connectivity index (χ0) is 20.6. The van der Waals surface area contributed by atoms with E-state index in [0.29, 0.717) is 22.8 Å². The van der Waals surface area contributed by atoms with Gasteiger partial charge in [-0.1, -0.05) is 30.3 Å². The van der Waals surface area contributed by atoms with Gasteiger partial charge in [0.05, 0.1) is 11.3 Å². The van der Waals surface area contributed by atoms with Gasteiger partial charge in [-0.15, -0.1) is 0 Å². The lowest BCUT2D eigenvalue weighted by Gasteiger charge is -2.13. The monoisotopic (exact) mass is 390 g/mol. The highest BCUT2D eigenvalue weighted by Crippen LogP contribution is 2.16. The smallest absolute Gasteiger partial charge is 0.375 e. The molecule has 146 valence electrons. The van der Waals surface area contributed by atoms with Crippen molar-refractivity contribution < 1.29 is 23.5 Å². The van der Waals surface area contributed by atoms with Gasteiger partial charge in [-0.2, -0.15) is 5.26 Å². The molecule has 29 heavy (non-hydrogen) atoms. The SMILES string of the molecule is C[C@H](OC(=O)c1ccc(COc2ccccc2)o1)C(=O)Nc1ccccc1C#N. The van der Waals surface area contributed by atoms with Crippen LogP contribution in [-0.2, 0) is 16.1 Å². The summed E-state index contributed by atoms with van der Waals surface area (Å²) in [5.41, 5.74) is 0.662. The molecule has 2 aromatic carbocycles. The first kappa shape index (κ1) is 19.7. The van der Waals surface area contributed by atoms with E-state index in [2.05, 4.69) is 5.32 Å². The van der Waals surface area contributed by atoms with Crippen molar-refractivity contribution in [1.82, 2.24) is 0 Å². The molecule has 0 saturated heterocycles. The predicted octanol–water partition coefficient (Wildman–Crippen LogP) is 3.91. The molecule has 1 aromatic heterocycles. The fourth-order valence-corrected chi connectivity index (χ4v) is 2.43. The first-order valence-corrected chi connectivity index (χ1v) is 8.84. The van der Waals surface area contributed by atoms with Crippen LogP contribution in [0, 0.1) is 11.3 Å². The maximum absolute atomic E-state index is 12.3. The molecule has 0 unspecified atom stereocenters. The Kier molecular flexibility index (Phi) is 6.28. The molecule has 1 heterocycles. The van der Waals surface area contributed by atoms with Crippen LogP contribution in [0.1, 0.15) is 28.8 Å². The van der Waals surface area contributed by atoms with Crippen molar-refractivity contribution in [2.24, 2.45) is 0 Å². The van der Waals surface area contributed by atoms with Gasteiger partial charge >= 0.3 is 5.97 Å². The summed E-state index contributed by atoms with van der Waals surface area (Å²) in [6.45, 7) is 1.59. The third kappa shape index (κ3) is 5.23. The van der Waals surface area contributed by atoms with Crippen LogP contribution in [0.2, 0.25) is 0 Å². The van der Waals surface area contributed by atoms with Crippen LogP contribution in [0.5, 0.6) is 5.75 Å². The van der Waals surface area contributed by atoms with Crippen LogP contribution in [0.25, 0.3) is 0 Å². The molecule has 0 aliphatic carbocycles. The molecule has 0 saturated carbocycles. The second-order valence-electron chi connectivity index (χ2n) is 6.06. The Bertz CT molecular complexity index is 1040. The van der Waals surface area contributed by atoms with Crippen LogP contribution in [0.15, 0.2) is 71.1 Å². The van der Waals surface area contributed by atoms with E-state index < -0.39 is 18.0 Å². The van der Waals surface area contributed by atoms with Crippen molar-refractivity contribution in [3.05, 3.63) is 83.8 Å². The number of ether oxygens (including phenoxy) is 2. The van der Waals surface area contributed by atoms with E-state index in [1.165, 1.54) is 13.0 Å². The van der Waals surface area contributed by atoms with Crippen LogP contribution >= 0.6 is 0 Å². The van der Waals surface area contributed by atoms with Crippen LogP contribution in [0.3, 0.4) is 0 Å². The van der Waals surface area contributed by atoms with Crippen molar-refractivity contribution in [2.75, 3.05) is 5.32 Å². The molecule has 0 spiro atoms. The minimum atomic E-state index is -1.08. The minimum absolute atomic E-state index is 0.0336. The molecule has 0 bridgehead atoms. The molecule has 0 radical (unpaired) electrons. The van der Waals surface area contributed by atoms with Gasteiger partial charge in [0.25, 0.3) is 5.91 Å². The minimum Gasteiger partial charge on any atom is -0.486 e. The highest BCUT2D eigenvalue weighted by atomic mass is 16.6. The zero-order valence-electron chi connectivity index (χ0n) is 15.6. The van der Waals surface area contributed by atoms with E-state index in [0.717, 1.165) is 0 Å². The van der Waals surface area contributed by atoms with E-state index in [-0.39, 0.29) is 12.4 Å². The van der Waals surface area contributed by atoms with Crippen LogP contribution < -0.4 is 10.1 Å². The maximum Gasteiger partial charge on any atom is 0.375 e. The molecule has 1 N–H and O–H groups in total. The second-order valence-corrected chi connectivity index (χ2v) is 6.06. The topological polar surface area (TPSA) is 102 Å². The number of nitrogens with zero attached hydrogens (tertiary/aromatic N) is 1. The highest BCUT2D eigenvalue weighted by Gasteiger charge is 2.22. The molecule has 0 fully saturated rings. The number of amides is 1. The van der Waals surface area contributed by atoms with Crippen molar-refractivity contribution in [1.29, 1.82) is 5.26 Å². The molecule has 7 nitrogen and oxygen atoms in total. The number of para-hydroxylation sites is 2. The molecular weight excluding hydrogens is 372 g/mol. The van der Waals surface area contributed by atoms with Crippen molar-refractivity contribution in [2.45, 2.75) is 19.6 Å². The Morgan fingerprint density at radius 3 is 2.55 bits per heavy atom. The summed E-state index contributed by atoms with van der Waals surface area (Å²) in [5.74, 6) is -0.238. The lowest BCUT2D eigenvalue weighted by molar-refractivity contribution is -0.123. The Labute approximate surface area is 167 Å². The van der Waals surface area contributed by atoms with Crippen LogP contribution in [0.4, 0.5) is 5.69 Å². The predicted molar refractivity (Wildman–Crippen MR) is 104 cm³/mol. The third-order valence-corrected chi connectivity index (χ3v) is 3.95. The molecule has 3 rings (SSSR count). The summed E-state index contributed by atoms with van der Waals surface area (Å²) in [7, 11) is 0. The summed E-state index contributed by atoms with van der Waals surface area (Å²) in [6.07, 6.45) is -1.08. The number of nitrogens with one attached hydrogen (secondary N) is 1. The van der Waals surface area contributed by atoms with E-state index >= 15 is 0 Å². The Morgan fingerprint density at radius 1 is 1.07 bits per heavy atom. The third-order valence-electron chi connectivity index (χ3n) is 3.95. The number of rotatable bonds is 7. The number of anilines is 1. The number of carbonyl (C=O) groups excluding carboxylic acids is 2. The van der Waals surface area contributed by atoms with Gasteiger partial charge in [0.2, 0.25) is 5.76 Å². The van der Waals surface area contributed by atoms with Crippen molar-refractivity contribution in [3.8, 4) is 11.8 Å². The number of benzene rings is 2. The first-order valence-electron chi connectivity index (χ1n) is 8.84. The average Bonchev–Trinajstić information content (AvgIpc) is 3.22. The van der Waals surface area contributed by atoms with Crippen molar-refractivity contribution in [3.63, 3.8) is 0 Å². The fourth-order valence-electron chi connectivity index (χ4n) is 2.43. The van der Waals surface area contributed by atoms with Gasteiger partial charge in [-0.25, -0.2) is 4.79 Å². The largest absolute Gasteiger partial charge is 0.486 e. The number of carbonyl (C=O) groups is 2. The van der Waals surface area contributed by atoms with E-state index in [4.69, 9.17) is 19.2 Å². The maximum atomic E-state index is 12.3.